The topological polar surface area (TPSA) is 76.5 Å². The minimum Gasteiger partial charge on any atom is -0.343 e. The quantitative estimate of drug-likeness (QED) is 0.741. The van der Waals surface area contributed by atoms with Gasteiger partial charge in [-0.1, -0.05) is 35.3 Å². The molecule has 1 fully saturated rings. The molecule has 2 aliphatic heterocycles. The number of aromatic amines is 1. The zero-order chi connectivity index (χ0) is 17.4. The van der Waals surface area contributed by atoms with Crippen LogP contribution in [0, 0.1) is 17.2 Å². The van der Waals surface area contributed by atoms with Crippen molar-refractivity contribution in [3.63, 3.8) is 0 Å². The van der Waals surface area contributed by atoms with Crippen molar-refractivity contribution in [1.29, 1.82) is 5.26 Å². The Morgan fingerprint density at radius 3 is 2.72 bits per heavy atom. The molecule has 0 radical (unpaired) electrons. The predicted molar refractivity (Wildman–Crippen MR) is 98.7 cm³/mol. The van der Waals surface area contributed by atoms with Gasteiger partial charge >= 0.3 is 0 Å². The third-order valence-electron chi connectivity index (χ3n) is 4.98. The minimum absolute atomic E-state index is 0.268. The van der Waals surface area contributed by atoms with E-state index in [1.807, 2.05) is 12.1 Å². The number of hydrogen-bond acceptors (Lipinski definition) is 4. The first-order chi connectivity index (χ1) is 12.2. The highest BCUT2D eigenvalue weighted by atomic mass is 35.5. The molecule has 0 saturated carbocycles. The lowest BCUT2D eigenvalue weighted by Gasteiger charge is -2.33. The van der Waals surface area contributed by atoms with Crippen LogP contribution in [0.15, 0.2) is 35.7 Å². The number of rotatable bonds is 2. The first-order valence-electron chi connectivity index (χ1n) is 8.29. The van der Waals surface area contributed by atoms with Crippen LogP contribution in [0.2, 0.25) is 10.0 Å². The summed E-state index contributed by atoms with van der Waals surface area (Å²) in [5.41, 5.74) is 3.42. The zero-order valence-electron chi connectivity index (χ0n) is 13.4. The van der Waals surface area contributed by atoms with Crippen molar-refractivity contribution < 1.29 is 0 Å². The first kappa shape index (κ1) is 16.5. The number of nitrogens with one attached hydrogen (secondary N) is 3. The van der Waals surface area contributed by atoms with Crippen LogP contribution in [0.4, 0.5) is 5.82 Å². The molecular formula is C18H17Cl2N5. The summed E-state index contributed by atoms with van der Waals surface area (Å²) >= 11 is 12.7. The Balaban J connectivity index is 1.89. The molecule has 1 saturated heterocycles. The smallest absolute Gasteiger partial charge is 0.129 e. The molecule has 3 heterocycles. The molecule has 1 atom stereocenters. The molecule has 2 aliphatic rings. The van der Waals surface area contributed by atoms with E-state index >= 15 is 0 Å². The van der Waals surface area contributed by atoms with Crippen molar-refractivity contribution in [1.82, 2.24) is 15.5 Å². The molecule has 0 spiro atoms. The van der Waals surface area contributed by atoms with E-state index < -0.39 is 0 Å². The number of nitrogens with zero attached hydrogens (tertiary/aromatic N) is 2. The van der Waals surface area contributed by atoms with E-state index in [-0.39, 0.29) is 5.92 Å². The molecule has 0 bridgehead atoms. The van der Waals surface area contributed by atoms with Gasteiger partial charge in [0.1, 0.15) is 5.82 Å². The predicted octanol–water partition coefficient (Wildman–Crippen LogP) is 4.05. The maximum absolute atomic E-state index is 9.98. The minimum atomic E-state index is -0.268. The number of hydrogen-bond donors (Lipinski definition) is 3. The van der Waals surface area contributed by atoms with E-state index in [0.717, 1.165) is 48.6 Å². The Kier molecular flexibility index (Phi) is 4.43. The van der Waals surface area contributed by atoms with E-state index in [4.69, 9.17) is 23.2 Å². The van der Waals surface area contributed by atoms with Gasteiger partial charge in [0.15, 0.2) is 0 Å². The summed E-state index contributed by atoms with van der Waals surface area (Å²) in [6.45, 7) is 1.90. The van der Waals surface area contributed by atoms with E-state index in [2.05, 4.69) is 26.9 Å². The number of H-pyrrole nitrogens is 1. The van der Waals surface area contributed by atoms with Crippen LogP contribution in [0.3, 0.4) is 0 Å². The van der Waals surface area contributed by atoms with Crippen molar-refractivity contribution in [2.24, 2.45) is 5.92 Å². The molecule has 7 heteroatoms. The van der Waals surface area contributed by atoms with E-state index in [1.54, 1.807) is 12.3 Å². The molecule has 1 aromatic heterocycles. The number of halogens is 2. The van der Waals surface area contributed by atoms with Crippen LogP contribution in [-0.4, -0.2) is 23.3 Å². The summed E-state index contributed by atoms with van der Waals surface area (Å²) in [5.74, 6) is 0.873. The molecule has 1 aromatic carbocycles. The molecule has 5 nitrogen and oxygen atoms in total. The fourth-order valence-electron chi connectivity index (χ4n) is 3.75. The normalized spacial score (nSPS) is 20.8. The van der Waals surface area contributed by atoms with Gasteiger partial charge in [0.05, 0.1) is 33.8 Å². The number of benzene rings is 1. The number of aromatic nitrogens is 2. The lowest BCUT2D eigenvalue weighted by atomic mass is 9.79. The van der Waals surface area contributed by atoms with Crippen LogP contribution in [-0.2, 0) is 0 Å². The SMILES string of the molecule is N#CC1=C(C2CCNCC2)Nc2[nH]ncc2C1c1cccc(Cl)c1Cl. The zero-order valence-corrected chi connectivity index (χ0v) is 15.0. The second-order valence-electron chi connectivity index (χ2n) is 6.36. The average Bonchev–Trinajstić information content (AvgIpc) is 3.11. The van der Waals surface area contributed by atoms with Crippen molar-refractivity contribution in [2.45, 2.75) is 18.8 Å². The summed E-state index contributed by atoms with van der Waals surface area (Å²) in [7, 11) is 0. The van der Waals surface area contributed by atoms with Crippen LogP contribution in [0.5, 0.6) is 0 Å². The van der Waals surface area contributed by atoms with Crippen LogP contribution >= 0.6 is 23.2 Å². The van der Waals surface area contributed by atoms with Gasteiger partial charge < -0.3 is 10.6 Å². The molecule has 1 unspecified atom stereocenters. The lowest BCUT2D eigenvalue weighted by molar-refractivity contribution is 0.418. The highest BCUT2D eigenvalue weighted by molar-refractivity contribution is 6.42. The monoisotopic (exact) mass is 373 g/mol. The Hall–Kier alpha value is -2.00. The second-order valence-corrected chi connectivity index (χ2v) is 7.15. The number of fused-ring (bicyclic) bond motifs is 1. The first-order valence-corrected chi connectivity index (χ1v) is 9.05. The Bertz CT molecular complexity index is 874. The lowest BCUT2D eigenvalue weighted by Crippen LogP contribution is -2.32. The summed E-state index contributed by atoms with van der Waals surface area (Å²) in [5, 5.41) is 24.9. The Morgan fingerprint density at radius 1 is 1.16 bits per heavy atom. The molecule has 0 amide bonds. The van der Waals surface area contributed by atoms with Gasteiger partial charge in [0, 0.05) is 17.2 Å². The van der Waals surface area contributed by atoms with Crippen molar-refractivity contribution in [3.8, 4) is 6.07 Å². The van der Waals surface area contributed by atoms with Gasteiger partial charge in [-0.3, -0.25) is 5.10 Å². The number of nitriles is 1. The third-order valence-corrected chi connectivity index (χ3v) is 5.81. The molecule has 0 aliphatic carbocycles. The standard InChI is InChI=1S/C18H17Cl2N5/c19-14-3-1-2-11(16(14)20)15-12(8-21)17(10-4-6-22-7-5-10)24-18-13(15)9-23-25-18/h1-3,9-10,15,22H,4-7H2,(H2,23,24,25). The number of allylic oxidation sites excluding steroid dienone is 2. The molecule has 4 rings (SSSR count). The highest BCUT2D eigenvalue weighted by Gasteiger charge is 2.35. The maximum atomic E-state index is 9.98. The van der Waals surface area contributed by atoms with E-state index in [1.165, 1.54) is 0 Å². The fourth-order valence-corrected chi connectivity index (χ4v) is 4.17. The molecule has 3 N–H and O–H groups in total. The molecule has 2 aromatic rings. The van der Waals surface area contributed by atoms with Crippen molar-refractivity contribution in [3.05, 3.63) is 56.8 Å². The van der Waals surface area contributed by atoms with Gasteiger partial charge in [-0.25, -0.2) is 0 Å². The molecular weight excluding hydrogens is 357 g/mol. The van der Waals surface area contributed by atoms with Gasteiger partial charge in [-0.05, 0) is 37.6 Å². The largest absolute Gasteiger partial charge is 0.343 e. The highest BCUT2D eigenvalue weighted by Crippen LogP contribution is 2.46. The van der Waals surface area contributed by atoms with Crippen LogP contribution in [0.25, 0.3) is 0 Å². The van der Waals surface area contributed by atoms with E-state index in [9.17, 15) is 5.26 Å². The second kappa shape index (κ2) is 6.72. The average molecular weight is 374 g/mol. The van der Waals surface area contributed by atoms with Gasteiger partial charge in [0.25, 0.3) is 0 Å². The Labute approximate surface area is 156 Å². The maximum Gasteiger partial charge on any atom is 0.129 e. The van der Waals surface area contributed by atoms with Gasteiger partial charge in [0.2, 0.25) is 0 Å². The number of anilines is 1. The summed E-state index contributed by atoms with van der Waals surface area (Å²) < 4.78 is 0. The number of piperidine rings is 1. The summed E-state index contributed by atoms with van der Waals surface area (Å²) in [6, 6.07) is 7.98. The summed E-state index contributed by atoms with van der Waals surface area (Å²) in [6.07, 6.45) is 3.74. The van der Waals surface area contributed by atoms with Gasteiger partial charge in [-0.2, -0.15) is 10.4 Å². The van der Waals surface area contributed by atoms with Crippen molar-refractivity contribution >= 4 is 29.0 Å². The summed E-state index contributed by atoms with van der Waals surface area (Å²) in [4.78, 5) is 0. The van der Waals surface area contributed by atoms with E-state index in [0.29, 0.717) is 21.5 Å². The molecule has 128 valence electrons. The van der Waals surface area contributed by atoms with Gasteiger partial charge in [-0.15, -0.1) is 0 Å². The molecule has 25 heavy (non-hydrogen) atoms. The van der Waals surface area contributed by atoms with Crippen LogP contribution in [0.1, 0.15) is 29.9 Å². The Morgan fingerprint density at radius 2 is 1.96 bits per heavy atom. The van der Waals surface area contributed by atoms with Crippen LogP contribution < -0.4 is 10.6 Å². The van der Waals surface area contributed by atoms with Crippen molar-refractivity contribution in [2.75, 3.05) is 18.4 Å². The fraction of sp³-hybridized carbons (Fsp3) is 0.333. The third kappa shape index (κ3) is 2.81.